The Kier molecular flexibility index (Phi) is 6.68. The normalized spacial score (nSPS) is 27.8. The monoisotopic (exact) mass is 541 g/mol. The van der Waals surface area contributed by atoms with Gasteiger partial charge in [0, 0.05) is 37.4 Å². The van der Waals surface area contributed by atoms with Crippen molar-refractivity contribution >= 4 is 11.9 Å². The number of aromatic carboxylic acids is 1. The second kappa shape index (κ2) is 9.91. The van der Waals surface area contributed by atoms with Crippen LogP contribution in [0.2, 0.25) is 0 Å². The molecule has 2 aromatic rings. The largest absolute Gasteiger partial charge is 0.478 e. The second-order valence-electron chi connectivity index (χ2n) is 11.9. The van der Waals surface area contributed by atoms with Crippen molar-refractivity contribution in [3.63, 3.8) is 0 Å². The molecular weight excluding hydrogens is 507 g/mol. The minimum Gasteiger partial charge on any atom is -0.478 e. The van der Waals surface area contributed by atoms with E-state index in [0.717, 1.165) is 69.8 Å². The Balaban J connectivity index is 1.13. The summed E-state index contributed by atoms with van der Waals surface area (Å²) in [6.07, 6.45) is 3.58. The van der Waals surface area contributed by atoms with Crippen LogP contribution in [0.15, 0.2) is 36.5 Å². The number of halogens is 3. The number of carboxylic acid groups (broad SMARTS) is 1. The highest BCUT2D eigenvalue weighted by Gasteiger charge is 2.57. The van der Waals surface area contributed by atoms with Crippen LogP contribution in [0.1, 0.15) is 83.6 Å². The molecule has 6 rings (SSSR count). The number of carbonyl (C=O) groups is 2. The molecule has 4 aliphatic rings. The number of likely N-dealkylation sites (tertiary alicyclic amines) is 1. The highest BCUT2D eigenvalue weighted by Crippen LogP contribution is 2.57. The quantitative estimate of drug-likeness (QED) is 0.553. The van der Waals surface area contributed by atoms with Gasteiger partial charge in [-0.2, -0.15) is 13.2 Å². The number of fused-ring (bicyclic) bond motifs is 2. The number of carbonyl (C=O) groups excluding carboxylic acids is 1. The van der Waals surface area contributed by atoms with Crippen molar-refractivity contribution in [2.75, 3.05) is 19.6 Å². The van der Waals surface area contributed by atoms with Crippen molar-refractivity contribution in [2.24, 2.45) is 11.3 Å². The van der Waals surface area contributed by atoms with Crippen molar-refractivity contribution < 1.29 is 27.9 Å². The van der Waals surface area contributed by atoms with E-state index >= 15 is 0 Å². The van der Waals surface area contributed by atoms with E-state index < -0.39 is 23.1 Å². The summed E-state index contributed by atoms with van der Waals surface area (Å²) < 4.78 is 39.8. The molecule has 9 heteroatoms. The predicted molar refractivity (Wildman–Crippen MR) is 138 cm³/mol. The Morgan fingerprint density at radius 2 is 1.87 bits per heavy atom. The first-order valence-electron chi connectivity index (χ1n) is 14.1. The number of amides is 1. The Hall–Kier alpha value is -2.94. The van der Waals surface area contributed by atoms with Gasteiger partial charge >= 0.3 is 12.1 Å². The minimum atomic E-state index is -4.45. The Bertz CT molecular complexity index is 1270. The summed E-state index contributed by atoms with van der Waals surface area (Å²) >= 11 is 0. The number of benzene rings is 1. The number of piperidine rings is 1. The van der Waals surface area contributed by atoms with Crippen LogP contribution in [0.3, 0.4) is 0 Å². The third-order valence-electron chi connectivity index (χ3n) is 9.84. The molecule has 3 atom stereocenters. The number of rotatable bonds is 4. The minimum absolute atomic E-state index is 0.121. The predicted octanol–water partition coefficient (Wildman–Crippen LogP) is 5.51. The lowest BCUT2D eigenvalue weighted by Gasteiger charge is -2.39. The Morgan fingerprint density at radius 1 is 1.08 bits per heavy atom. The van der Waals surface area contributed by atoms with Gasteiger partial charge in [-0.1, -0.05) is 18.6 Å². The van der Waals surface area contributed by atoms with Crippen LogP contribution in [0.5, 0.6) is 0 Å². The van der Waals surface area contributed by atoms with E-state index in [1.807, 2.05) is 12.1 Å². The fourth-order valence-electron chi connectivity index (χ4n) is 7.83. The van der Waals surface area contributed by atoms with Crippen LogP contribution < -0.4 is 0 Å². The smallest absolute Gasteiger partial charge is 0.417 e. The molecule has 1 N–H and O–H groups in total. The Morgan fingerprint density at radius 3 is 2.62 bits per heavy atom. The zero-order chi connectivity index (χ0) is 27.4. The van der Waals surface area contributed by atoms with E-state index in [4.69, 9.17) is 0 Å². The maximum Gasteiger partial charge on any atom is 0.417 e. The molecule has 1 aromatic heterocycles. The van der Waals surface area contributed by atoms with Crippen LogP contribution in [0.25, 0.3) is 0 Å². The van der Waals surface area contributed by atoms with Crippen LogP contribution in [0, 0.1) is 11.3 Å². The van der Waals surface area contributed by atoms with Gasteiger partial charge in [0.15, 0.2) is 0 Å². The van der Waals surface area contributed by atoms with E-state index in [1.165, 1.54) is 6.07 Å². The number of carboxylic acids is 1. The molecular formula is C30H34F3N3O3. The maximum absolute atomic E-state index is 14.1. The third kappa shape index (κ3) is 4.83. The summed E-state index contributed by atoms with van der Waals surface area (Å²) in [4.78, 5) is 33.8. The van der Waals surface area contributed by atoms with Crippen LogP contribution in [-0.2, 0) is 23.9 Å². The fraction of sp³-hybridized carbons (Fsp3) is 0.567. The molecule has 2 aliphatic carbocycles. The van der Waals surface area contributed by atoms with Crippen molar-refractivity contribution in [3.05, 3.63) is 64.5 Å². The lowest BCUT2D eigenvalue weighted by Crippen LogP contribution is -2.47. The van der Waals surface area contributed by atoms with Crippen molar-refractivity contribution in [1.29, 1.82) is 0 Å². The maximum atomic E-state index is 14.1. The molecule has 1 amide bonds. The molecule has 208 valence electrons. The van der Waals surface area contributed by atoms with Crippen LogP contribution in [0.4, 0.5) is 13.2 Å². The van der Waals surface area contributed by atoms with Gasteiger partial charge in [0.1, 0.15) is 0 Å². The SMILES string of the molecule is O=C(O)c1cccc(C2CCN([C@@H]3C[C@H]4CCC[C@@]4(C(=O)N4CCc5ncc(C(F)(F)F)cc5C4)C3)CC2)c1. The van der Waals surface area contributed by atoms with Gasteiger partial charge in [-0.3, -0.25) is 9.78 Å². The van der Waals surface area contributed by atoms with E-state index in [2.05, 4.69) is 9.88 Å². The summed E-state index contributed by atoms with van der Waals surface area (Å²) in [5.41, 5.74) is 1.41. The van der Waals surface area contributed by atoms with Gasteiger partial charge in [0.05, 0.1) is 16.5 Å². The molecule has 1 saturated heterocycles. The first kappa shape index (κ1) is 26.3. The molecule has 6 nitrogen and oxygen atoms in total. The molecule has 39 heavy (non-hydrogen) atoms. The lowest BCUT2D eigenvalue weighted by atomic mass is 9.78. The second-order valence-corrected chi connectivity index (χ2v) is 11.9. The van der Waals surface area contributed by atoms with Gasteiger partial charge in [0.25, 0.3) is 0 Å². The summed E-state index contributed by atoms with van der Waals surface area (Å²) in [5.74, 6) is -0.131. The van der Waals surface area contributed by atoms with E-state index in [0.29, 0.717) is 47.7 Å². The number of aromatic nitrogens is 1. The first-order valence-corrected chi connectivity index (χ1v) is 14.1. The topological polar surface area (TPSA) is 73.7 Å². The van der Waals surface area contributed by atoms with E-state index in [9.17, 15) is 27.9 Å². The number of alkyl halides is 3. The lowest BCUT2D eigenvalue weighted by molar-refractivity contribution is -0.144. The summed E-state index contributed by atoms with van der Waals surface area (Å²) in [6.45, 7) is 2.55. The molecule has 0 spiro atoms. The molecule has 0 radical (unpaired) electrons. The van der Waals surface area contributed by atoms with Gasteiger partial charge in [-0.25, -0.2) is 4.79 Å². The molecule has 0 unspecified atom stereocenters. The molecule has 2 saturated carbocycles. The number of nitrogens with zero attached hydrogens (tertiary/aromatic N) is 3. The average molecular weight is 542 g/mol. The zero-order valence-corrected chi connectivity index (χ0v) is 21.9. The standard InChI is InChI=1S/C30H34F3N3O3/c31-30(32,33)24-14-22-18-36(12-8-26(22)34-17-24)28(39)29-9-2-5-23(29)15-25(16-29)35-10-6-19(7-11-35)20-3-1-4-21(13-20)27(37)38/h1,3-4,13-14,17,19,23,25H,2,5-12,15-16,18H2,(H,37,38)/t23-,25-,29-/m1/s1. The van der Waals surface area contributed by atoms with Crippen molar-refractivity contribution in [2.45, 2.75) is 76.0 Å². The van der Waals surface area contributed by atoms with Gasteiger partial charge in [-0.15, -0.1) is 0 Å². The summed E-state index contributed by atoms with van der Waals surface area (Å²) in [5, 5.41) is 9.34. The third-order valence-corrected chi connectivity index (χ3v) is 9.84. The van der Waals surface area contributed by atoms with Gasteiger partial charge < -0.3 is 14.9 Å². The first-order chi connectivity index (χ1) is 18.6. The van der Waals surface area contributed by atoms with Gasteiger partial charge in [0.2, 0.25) is 5.91 Å². The van der Waals surface area contributed by atoms with E-state index in [1.54, 1.807) is 17.0 Å². The molecule has 1 aromatic carbocycles. The molecule has 3 heterocycles. The summed E-state index contributed by atoms with van der Waals surface area (Å²) in [7, 11) is 0. The summed E-state index contributed by atoms with van der Waals surface area (Å²) in [6, 6.07) is 8.75. The van der Waals surface area contributed by atoms with Crippen molar-refractivity contribution in [3.8, 4) is 0 Å². The fourth-order valence-corrected chi connectivity index (χ4v) is 7.83. The van der Waals surface area contributed by atoms with Gasteiger partial charge in [-0.05, 0) is 92.8 Å². The molecule has 2 aliphatic heterocycles. The van der Waals surface area contributed by atoms with Crippen molar-refractivity contribution in [1.82, 2.24) is 14.8 Å². The number of hydrogen-bond donors (Lipinski definition) is 1. The zero-order valence-electron chi connectivity index (χ0n) is 21.9. The van der Waals surface area contributed by atoms with Crippen LogP contribution in [-0.4, -0.2) is 57.4 Å². The highest BCUT2D eigenvalue weighted by molar-refractivity contribution is 5.87. The molecule has 3 fully saturated rings. The number of pyridine rings is 1. The van der Waals surface area contributed by atoms with Crippen LogP contribution >= 0.6 is 0 Å². The number of hydrogen-bond acceptors (Lipinski definition) is 4. The Labute approximate surface area is 226 Å². The molecule has 0 bridgehead atoms. The van der Waals surface area contributed by atoms with E-state index in [-0.39, 0.29) is 12.5 Å². The highest BCUT2D eigenvalue weighted by atomic mass is 19.4. The average Bonchev–Trinajstić information content (AvgIpc) is 3.50.